The maximum Gasteiger partial charge on any atom is 0.231 e. The molecule has 1 aliphatic carbocycles. The first-order chi connectivity index (χ1) is 17.5. The Morgan fingerprint density at radius 3 is 2.72 bits per heavy atom. The summed E-state index contributed by atoms with van der Waals surface area (Å²) >= 11 is 0. The number of benzene rings is 2. The number of aryl methyl sites for hydroxylation is 1. The quantitative estimate of drug-likeness (QED) is 0.192. The van der Waals surface area contributed by atoms with Crippen LogP contribution in [0.15, 0.2) is 53.5 Å². The third-order valence-electron chi connectivity index (χ3n) is 6.27. The van der Waals surface area contributed by atoms with E-state index in [4.69, 9.17) is 16.2 Å². The minimum absolute atomic E-state index is 0.0208. The van der Waals surface area contributed by atoms with Crippen LogP contribution < -0.4 is 22.1 Å². The van der Waals surface area contributed by atoms with Gasteiger partial charge >= 0.3 is 0 Å². The van der Waals surface area contributed by atoms with Crippen molar-refractivity contribution in [3.05, 3.63) is 59.7 Å². The van der Waals surface area contributed by atoms with Gasteiger partial charge < -0.3 is 21.5 Å². The summed E-state index contributed by atoms with van der Waals surface area (Å²) in [7, 11) is 0. The van der Waals surface area contributed by atoms with E-state index in [1.165, 1.54) is 0 Å². The molecule has 0 radical (unpaired) electrons. The van der Waals surface area contributed by atoms with Crippen LogP contribution >= 0.6 is 0 Å². The van der Waals surface area contributed by atoms with Crippen LogP contribution in [0.5, 0.6) is 0 Å². The minimum Gasteiger partial charge on any atom is -0.377 e. The summed E-state index contributed by atoms with van der Waals surface area (Å²) in [5, 5.41) is 7.31. The van der Waals surface area contributed by atoms with E-state index in [9.17, 15) is 4.79 Å². The predicted molar refractivity (Wildman–Crippen MR) is 144 cm³/mol. The number of anilines is 2. The molecule has 0 aliphatic heterocycles. The number of hydrogen-bond acceptors (Lipinski definition) is 6. The smallest absolute Gasteiger partial charge is 0.231 e. The topological polar surface area (TPSA) is 141 Å². The van der Waals surface area contributed by atoms with E-state index in [0.717, 1.165) is 47.7 Å². The van der Waals surface area contributed by atoms with Gasteiger partial charge in [0.05, 0.1) is 24.2 Å². The summed E-state index contributed by atoms with van der Waals surface area (Å²) in [6.07, 6.45) is 4.95. The molecular weight excluding hydrogens is 454 g/mol. The number of rotatable bonds is 10. The lowest BCUT2D eigenvalue weighted by Crippen LogP contribution is -2.38. The van der Waals surface area contributed by atoms with Gasteiger partial charge in [-0.25, -0.2) is 9.98 Å². The number of nitrogens with one attached hydrogen (secondary N) is 2. The second-order valence-corrected chi connectivity index (χ2v) is 9.26. The number of guanidine groups is 1. The van der Waals surface area contributed by atoms with Crippen LogP contribution in [0.2, 0.25) is 0 Å². The van der Waals surface area contributed by atoms with Crippen molar-refractivity contribution in [1.29, 1.82) is 0 Å². The fourth-order valence-electron chi connectivity index (χ4n) is 4.50. The summed E-state index contributed by atoms with van der Waals surface area (Å²) in [5.74, 6) is 0.899. The molecule has 1 saturated carbocycles. The Bertz CT molecular complexity index is 1200. The number of carbonyl (C=O) groups excluding carboxylic acids is 1. The van der Waals surface area contributed by atoms with Gasteiger partial charge in [-0.3, -0.25) is 10.1 Å². The first-order valence-electron chi connectivity index (χ1n) is 12.5. The van der Waals surface area contributed by atoms with Crippen LogP contribution in [-0.4, -0.2) is 40.5 Å². The SMILES string of the molecule is Cc1ccc2nc(NC(=O)CCCOCc3ccccc3)nc(NC3CCCCC3N=C(N)N)c2c1. The monoisotopic (exact) mass is 489 g/mol. The summed E-state index contributed by atoms with van der Waals surface area (Å²) in [6.45, 7) is 3.06. The molecule has 0 spiro atoms. The van der Waals surface area contributed by atoms with Gasteiger partial charge in [-0.2, -0.15) is 4.98 Å². The molecule has 36 heavy (non-hydrogen) atoms. The lowest BCUT2D eigenvalue weighted by atomic mass is 9.90. The highest BCUT2D eigenvalue weighted by atomic mass is 16.5. The first-order valence-corrected chi connectivity index (χ1v) is 12.5. The molecule has 3 aromatic rings. The Morgan fingerprint density at radius 1 is 1.11 bits per heavy atom. The Morgan fingerprint density at radius 2 is 1.92 bits per heavy atom. The molecule has 9 nitrogen and oxygen atoms in total. The molecule has 2 unspecified atom stereocenters. The Balaban J connectivity index is 1.41. The van der Waals surface area contributed by atoms with Gasteiger partial charge in [-0.15, -0.1) is 0 Å². The van der Waals surface area contributed by atoms with Crippen molar-refractivity contribution in [2.24, 2.45) is 16.5 Å². The number of carbonyl (C=O) groups is 1. The molecule has 1 heterocycles. The van der Waals surface area contributed by atoms with Crippen LogP contribution in [0.25, 0.3) is 10.9 Å². The van der Waals surface area contributed by atoms with E-state index in [1.807, 2.05) is 55.5 Å². The van der Waals surface area contributed by atoms with Crippen LogP contribution in [0, 0.1) is 6.92 Å². The van der Waals surface area contributed by atoms with Crippen molar-refractivity contribution < 1.29 is 9.53 Å². The zero-order valence-corrected chi connectivity index (χ0v) is 20.7. The third kappa shape index (κ3) is 7.14. The number of nitrogens with zero attached hydrogens (tertiary/aromatic N) is 3. The molecule has 1 fully saturated rings. The zero-order valence-electron chi connectivity index (χ0n) is 20.7. The highest BCUT2D eigenvalue weighted by Gasteiger charge is 2.26. The molecule has 1 aliphatic rings. The van der Waals surface area contributed by atoms with Crippen molar-refractivity contribution in [3.63, 3.8) is 0 Å². The highest BCUT2D eigenvalue weighted by Crippen LogP contribution is 2.29. The number of ether oxygens (including phenoxy) is 1. The number of fused-ring (bicyclic) bond motifs is 1. The van der Waals surface area contributed by atoms with Gasteiger partial charge in [0.2, 0.25) is 11.9 Å². The molecule has 190 valence electrons. The van der Waals surface area contributed by atoms with Crippen molar-refractivity contribution >= 4 is 34.5 Å². The first kappa shape index (κ1) is 25.4. The Labute approximate surface area is 211 Å². The largest absolute Gasteiger partial charge is 0.377 e. The van der Waals surface area contributed by atoms with Crippen molar-refractivity contribution in [2.75, 3.05) is 17.2 Å². The van der Waals surface area contributed by atoms with Crippen LogP contribution in [0.1, 0.15) is 49.7 Å². The summed E-state index contributed by atoms with van der Waals surface area (Å²) in [6, 6.07) is 16.0. The van der Waals surface area contributed by atoms with Gasteiger partial charge in [0.1, 0.15) is 5.82 Å². The maximum absolute atomic E-state index is 12.6. The van der Waals surface area contributed by atoms with Gasteiger partial charge in [0, 0.05) is 18.4 Å². The van der Waals surface area contributed by atoms with E-state index in [-0.39, 0.29) is 29.9 Å². The van der Waals surface area contributed by atoms with Gasteiger partial charge in [-0.1, -0.05) is 54.8 Å². The van der Waals surface area contributed by atoms with Gasteiger partial charge in [0.15, 0.2) is 5.96 Å². The fraction of sp³-hybridized carbons (Fsp3) is 0.407. The van der Waals surface area contributed by atoms with Crippen molar-refractivity contribution in [2.45, 2.75) is 64.1 Å². The minimum atomic E-state index is -0.147. The van der Waals surface area contributed by atoms with Gasteiger partial charge in [-0.05, 0) is 43.9 Å². The molecule has 1 amide bonds. The molecule has 6 N–H and O–H groups in total. The lowest BCUT2D eigenvalue weighted by Gasteiger charge is -2.30. The molecule has 0 bridgehead atoms. The molecule has 4 rings (SSSR count). The highest BCUT2D eigenvalue weighted by molar-refractivity contribution is 5.94. The zero-order chi connectivity index (χ0) is 25.3. The number of nitrogens with two attached hydrogens (primary N) is 2. The summed E-state index contributed by atoms with van der Waals surface area (Å²) < 4.78 is 5.68. The second-order valence-electron chi connectivity index (χ2n) is 9.26. The third-order valence-corrected chi connectivity index (χ3v) is 6.27. The van der Waals surface area contributed by atoms with Crippen LogP contribution in [0.4, 0.5) is 11.8 Å². The van der Waals surface area contributed by atoms with Crippen LogP contribution in [-0.2, 0) is 16.1 Å². The average Bonchev–Trinajstić information content (AvgIpc) is 2.86. The maximum atomic E-state index is 12.6. The average molecular weight is 490 g/mol. The predicted octanol–water partition coefficient (Wildman–Crippen LogP) is 3.87. The van der Waals surface area contributed by atoms with E-state index in [1.54, 1.807) is 0 Å². The Hall–Kier alpha value is -3.72. The van der Waals surface area contributed by atoms with Gasteiger partial charge in [0.25, 0.3) is 0 Å². The molecule has 2 atom stereocenters. The van der Waals surface area contributed by atoms with E-state index in [0.29, 0.717) is 31.9 Å². The lowest BCUT2D eigenvalue weighted by molar-refractivity contribution is -0.116. The standard InChI is InChI=1S/C27H35N7O2/c1-18-13-14-21-20(16-18)25(30-22-10-5-6-11-23(22)31-26(28)29)34-27(32-21)33-24(35)12-7-15-36-17-19-8-3-2-4-9-19/h2-4,8-9,13-14,16,22-23H,5-7,10-12,15,17H2,1H3,(H4,28,29,31)(H2,30,32,33,34,35). The molecular formula is C27H35N7O2. The molecule has 0 saturated heterocycles. The number of hydrogen-bond donors (Lipinski definition) is 4. The van der Waals surface area contributed by atoms with Crippen molar-refractivity contribution in [1.82, 2.24) is 9.97 Å². The fourth-order valence-corrected chi connectivity index (χ4v) is 4.50. The number of aliphatic imine (C=N–C) groups is 1. The normalized spacial score (nSPS) is 17.5. The molecule has 2 aromatic carbocycles. The molecule has 9 heteroatoms. The molecule has 1 aromatic heterocycles. The van der Waals surface area contributed by atoms with Crippen molar-refractivity contribution in [3.8, 4) is 0 Å². The second kappa shape index (κ2) is 12.3. The number of aromatic nitrogens is 2. The summed E-state index contributed by atoms with van der Waals surface area (Å²) in [5.41, 5.74) is 14.3. The van der Waals surface area contributed by atoms with E-state index in [2.05, 4.69) is 25.6 Å². The summed E-state index contributed by atoms with van der Waals surface area (Å²) in [4.78, 5) is 26.3. The number of amides is 1. The van der Waals surface area contributed by atoms with E-state index < -0.39 is 0 Å². The van der Waals surface area contributed by atoms with Crippen LogP contribution in [0.3, 0.4) is 0 Å². The Kier molecular flexibility index (Phi) is 8.67. The van der Waals surface area contributed by atoms with E-state index >= 15 is 0 Å².